The highest BCUT2D eigenvalue weighted by molar-refractivity contribution is 5.69. The van der Waals surface area contributed by atoms with E-state index in [0.717, 1.165) is 0 Å². The molecule has 0 aromatic rings. The topological polar surface area (TPSA) is 65.0 Å². The number of carbonyl (C=O) groups is 1. The molecule has 0 aliphatic heterocycles. The number of hydrogen-bond donors (Lipinski definition) is 1. The zero-order valence-electron chi connectivity index (χ0n) is 8.15. The Morgan fingerprint density at radius 3 is 2.23 bits per heavy atom. The molecule has 1 N–H and O–H groups in total. The summed E-state index contributed by atoms with van der Waals surface area (Å²) in [5, 5.41) is 9.40. The first-order valence-corrected chi connectivity index (χ1v) is 3.96. The Bertz CT molecular complexity index is 143. The second-order valence-corrected chi connectivity index (χ2v) is 2.52. The standard InChI is InChI=1S/C8H16O5/c1-11-7(10)5-4-6(9)8(12-2)13-3/h6,8-9H,4-5H2,1-3H3/t6-/m0/s1. The minimum atomic E-state index is -0.811. The Hall–Kier alpha value is -0.650. The molecule has 0 fully saturated rings. The third-order valence-corrected chi connectivity index (χ3v) is 1.65. The normalized spacial score (nSPS) is 13.0. The summed E-state index contributed by atoms with van der Waals surface area (Å²) in [7, 11) is 4.16. The maximum atomic E-state index is 10.7. The molecular weight excluding hydrogens is 176 g/mol. The molecule has 1 atom stereocenters. The molecule has 0 aliphatic carbocycles. The molecule has 0 aromatic heterocycles. The van der Waals surface area contributed by atoms with Gasteiger partial charge in [-0.05, 0) is 6.42 Å². The summed E-state index contributed by atoms with van der Waals surface area (Å²) >= 11 is 0. The summed E-state index contributed by atoms with van der Waals surface area (Å²) in [6.45, 7) is 0. The number of aliphatic hydroxyl groups excluding tert-OH is 1. The molecule has 78 valence electrons. The summed E-state index contributed by atoms with van der Waals surface area (Å²) in [6, 6.07) is 0. The highest BCUT2D eigenvalue weighted by Crippen LogP contribution is 2.06. The van der Waals surface area contributed by atoms with Crippen LogP contribution in [0.25, 0.3) is 0 Å². The van der Waals surface area contributed by atoms with Crippen LogP contribution in [0, 0.1) is 0 Å². The lowest BCUT2D eigenvalue weighted by Gasteiger charge is -2.19. The summed E-state index contributed by atoms with van der Waals surface area (Å²) in [5.41, 5.74) is 0. The van der Waals surface area contributed by atoms with Gasteiger partial charge < -0.3 is 19.3 Å². The summed E-state index contributed by atoms with van der Waals surface area (Å²) in [5.74, 6) is -0.356. The number of methoxy groups -OCH3 is 3. The highest BCUT2D eigenvalue weighted by atomic mass is 16.7. The van der Waals surface area contributed by atoms with E-state index in [4.69, 9.17) is 9.47 Å². The number of aliphatic hydroxyl groups is 1. The Morgan fingerprint density at radius 1 is 1.31 bits per heavy atom. The number of ether oxygens (including phenoxy) is 3. The highest BCUT2D eigenvalue weighted by Gasteiger charge is 2.18. The first-order chi connectivity index (χ1) is 6.15. The molecule has 0 aromatic carbocycles. The van der Waals surface area contributed by atoms with Crippen LogP contribution in [0.4, 0.5) is 0 Å². The average Bonchev–Trinajstić information content (AvgIpc) is 2.16. The minimum absolute atomic E-state index is 0.154. The second-order valence-electron chi connectivity index (χ2n) is 2.52. The third kappa shape index (κ3) is 4.82. The van der Waals surface area contributed by atoms with E-state index in [1.807, 2.05) is 0 Å². The molecule has 0 spiro atoms. The van der Waals surface area contributed by atoms with Crippen LogP contribution in [0.3, 0.4) is 0 Å². The molecule has 0 unspecified atom stereocenters. The lowest BCUT2D eigenvalue weighted by Crippen LogP contribution is -2.30. The van der Waals surface area contributed by atoms with E-state index in [1.165, 1.54) is 21.3 Å². The fourth-order valence-corrected chi connectivity index (χ4v) is 0.914. The summed E-state index contributed by atoms with van der Waals surface area (Å²) in [6.07, 6.45) is -1.08. The number of hydrogen-bond acceptors (Lipinski definition) is 5. The molecule has 0 amide bonds. The van der Waals surface area contributed by atoms with Crippen molar-refractivity contribution in [2.75, 3.05) is 21.3 Å². The molecule has 0 aliphatic rings. The van der Waals surface area contributed by atoms with E-state index in [0.29, 0.717) is 0 Å². The van der Waals surface area contributed by atoms with Gasteiger partial charge in [-0.25, -0.2) is 0 Å². The first kappa shape index (κ1) is 12.3. The number of esters is 1. The maximum absolute atomic E-state index is 10.7. The van der Waals surface area contributed by atoms with Crippen LogP contribution in [-0.2, 0) is 19.0 Å². The van der Waals surface area contributed by atoms with Gasteiger partial charge in [-0.1, -0.05) is 0 Å². The number of rotatable bonds is 6. The van der Waals surface area contributed by atoms with Gasteiger partial charge in [0.1, 0.15) is 6.10 Å². The van der Waals surface area contributed by atoms with Crippen molar-refractivity contribution >= 4 is 5.97 Å². The van der Waals surface area contributed by atoms with E-state index in [1.54, 1.807) is 0 Å². The van der Waals surface area contributed by atoms with Crippen molar-refractivity contribution in [1.82, 2.24) is 0 Å². The van der Waals surface area contributed by atoms with Crippen molar-refractivity contribution in [3.05, 3.63) is 0 Å². The molecule has 0 bridgehead atoms. The van der Waals surface area contributed by atoms with Gasteiger partial charge >= 0.3 is 5.97 Å². The van der Waals surface area contributed by atoms with Crippen LogP contribution in [0.15, 0.2) is 0 Å². The predicted octanol–water partition coefficient (Wildman–Crippen LogP) is -0.0806. The van der Waals surface area contributed by atoms with Crippen LogP contribution in [0.5, 0.6) is 0 Å². The van der Waals surface area contributed by atoms with Crippen LogP contribution in [0.2, 0.25) is 0 Å². The van der Waals surface area contributed by atoms with Crippen molar-refractivity contribution in [3.63, 3.8) is 0 Å². The van der Waals surface area contributed by atoms with Gasteiger partial charge in [-0.3, -0.25) is 4.79 Å². The molecule has 0 saturated carbocycles. The molecule has 5 heteroatoms. The van der Waals surface area contributed by atoms with Crippen molar-refractivity contribution in [1.29, 1.82) is 0 Å². The molecule has 5 nitrogen and oxygen atoms in total. The Balaban J connectivity index is 3.71. The van der Waals surface area contributed by atoms with E-state index in [2.05, 4.69) is 4.74 Å². The second kappa shape index (κ2) is 6.82. The van der Waals surface area contributed by atoms with E-state index < -0.39 is 12.4 Å². The summed E-state index contributed by atoms with van der Waals surface area (Å²) < 4.78 is 14.0. The quantitative estimate of drug-likeness (QED) is 0.471. The Morgan fingerprint density at radius 2 is 1.85 bits per heavy atom. The average molecular weight is 192 g/mol. The van der Waals surface area contributed by atoms with Gasteiger partial charge in [0.2, 0.25) is 0 Å². The Labute approximate surface area is 77.6 Å². The van der Waals surface area contributed by atoms with Gasteiger partial charge in [0.05, 0.1) is 7.11 Å². The van der Waals surface area contributed by atoms with E-state index >= 15 is 0 Å². The monoisotopic (exact) mass is 192 g/mol. The van der Waals surface area contributed by atoms with E-state index in [-0.39, 0.29) is 18.8 Å². The van der Waals surface area contributed by atoms with E-state index in [9.17, 15) is 9.90 Å². The fraction of sp³-hybridized carbons (Fsp3) is 0.875. The molecule has 13 heavy (non-hydrogen) atoms. The third-order valence-electron chi connectivity index (χ3n) is 1.65. The Kier molecular flexibility index (Phi) is 6.48. The zero-order valence-corrected chi connectivity index (χ0v) is 8.15. The van der Waals surface area contributed by atoms with Crippen LogP contribution < -0.4 is 0 Å². The van der Waals surface area contributed by atoms with Crippen molar-refractivity contribution in [2.24, 2.45) is 0 Å². The fourth-order valence-electron chi connectivity index (χ4n) is 0.914. The molecule has 0 rings (SSSR count). The SMILES string of the molecule is COC(=O)CC[C@H](O)C(OC)OC. The van der Waals surface area contributed by atoms with Gasteiger partial charge in [-0.2, -0.15) is 0 Å². The van der Waals surface area contributed by atoms with Gasteiger partial charge in [0.15, 0.2) is 6.29 Å². The van der Waals surface area contributed by atoms with Gasteiger partial charge in [0.25, 0.3) is 0 Å². The molecule has 0 radical (unpaired) electrons. The molecule has 0 saturated heterocycles. The largest absolute Gasteiger partial charge is 0.469 e. The van der Waals surface area contributed by atoms with Crippen molar-refractivity contribution < 1.29 is 24.1 Å². The van der Waals surface area contributed by atoms with Gasteiger partial charge in [0, 0.05) is 20.6 Å². The van der Waals surface area contributed by atoms with Crippen molar-refractivity contribution in [2.45, 2.75) is 25.2 Å². The summed E-state index contributed by atoms with van der Waals surface area (Å²) in [4.78, 5) is 10.7. The maximum Gasteiger partial charge on any atom is 0.305 e. The smallest absolute Gasteiger partial charge is 0.305 e. The lowest BCUT2D eigenvalue weighted by atomic mass is 10.2. The molecule has 0 heterocycles. The van der Waals surface area contributed by atoms with Crippen LogP contribution in [-0.4, -0.2) is 44.8 Å². The first-order valence-electron chi connectivity index (χ1n) is 3.96. The predicted molar refractivity (Wildman–Crippen MR) is 45.1 cm³/mol. The lowest BCUT2D eigenvalue weighted by molar-refractivity contribution is -0.168. The minimum Gasteiger partial charge on any atom is -0.469 e. The van der Waals surface area contributed by atoms with Crippen LogP contribution in [0.1, 0.15) is 12.8 Å². The molecular formula is C8H16O5. The van der Waals surface area contributed by atoms with Crippen molar-refractivity contribution in [3.8, 4) is 0 Å². The number of carbonyl (C=O) groups excluding carboxylic acids is 1. The van der Waals surface area contributed by atoms with Gasteiger partial charge in [-0.15, -0.1) is 0 Å². The van der Waals surface area contributed by atoms with Crippen LogP contribution >= 0.6 is 0 Å². The zero-order chi connectivity index (χ0) is 10.3.